The molecule has 2 aromatic rings. The van der Waals surface area contributed by atoms with Crippen LogP contribution in [0.1, 0.15) is 5.69 Å². The van der Waals surface area contributed by atoms with Crippen LogP contribution in [0.2, 0.25) is 0 Å². The lowest BCUT2D eigenvalue weighted by molar-refractivity contribution is -0.384. The summed E-state index contributed by atoms with van der Waals surface area (Å²) >= 11 is 0. The Bertz CT molecular complexity index is 621. The van der Waals surface area contributed by atoms with Gasteiger partial charge in [0.2, 0.25) is 5.95 Å². The molecule has 1 aromatic heterocycles. The Balaban J connectivity index is 2.09. The summed E-state index contributed by atoms with van der Waals surface area (Å²) in [6, 6.07) is 6.45. The largest absolute Gasteiger partial charge is 0.379 e. The number of anilines is 2. The molecule has 0 aliphatic rings. The quantitative estimate of drug-likeness (QED) is 0.667. The zero-order valence-electron chi connectivity index (χ0n) is 11.7. The van der Waals surface area contributed by atoms with Gasteiger partial charge in [0.1, 0.15) is 0 Å². The zero-order chi connectivity index (χ0) is 14.7. The van der Waals surface area contributed by atoms with Crippen molar-refractivity contribution in [1.82, 2.24) is 9.55 Å². The van der Waals surface area contributed by atoms with Gasteiger partial charge in [0.15, 0.2) is 0 Å². The molecule has 0 unspecified atom stereocenters. The first-order valence-electron chi connectivity index (χ1n) is 6.15. The normalized spacial score (nSPS) is 10.3. The van der Waals surface area contributed by atoms with Crippen LogP contribution in [0.3, 0.4) is 0 Å². The Morgan fingerprint density at radius 3 is 2.80 bits per heavy atom. The Kier molecular flexibility index (Phi) is 3.88. The van der Waals surface area contributed by atoms with Gasteiger partial charge < -0.3 is 14.8 Å². The van der Waals surface area contributed by atoms with Gasteiger partial charge in [-0.05, 0) is 6.07 Å². The first-order valence-corrected chi connectivity index (χ1v) is 6.15. The fourth-order valence-corrected chi connectivity index (χ4v) is 1.94. The molecule has 106 valence electrons. The number of nitro groups is 1. The first-order chi connectivity index (χ1) is 9.49. The van der Waals surface area contributed by atoms with E-state index < -0.39 is 4.92 Å². The number of nitro benzene ring substituents is 1. The van der Waals surface area contributed by atoms with Gasteiger partial charge in [-0.25, -0.2) is 4.98 Å². The SMILES string of the molecule is CN(C)c1ncc(CNc2cccc([N+](=O)[O-])c2)n1C. The fourth-order valence-electron chi connectivity index (χ4n) is 1.94. The molecule has 0 radical (unpaired) electrons. The summed E-state index contributed by atoms with van der Waals surface area (Å²) in [4.78, 5) is 16.6. The summed E-state index contributed by atoms with van der Waals surface area (Å²) in [5.74, 6) is 0.862. The maximum atomic E-state index is 10.7. The number of nitrogens with one attached hydrogen (secondary N) is 1. The van der Waals surface area contributed by atoms with Crippen LogP contribution in [0, 0.1) is 10.1 Å². The molecule has 20 heavy (non-hydrogen) atoms. The van der Waals surface area contributed by atoms with Crippen LogP contribution in [0.25, 0.3) is 0 Å². The minimum atomic E-state index is -0.403. The molecule has 0 fully saturated rings. The lowest BCUT2D eigenvalue weighted by Crippen LogP contribution is -2.15. The second-order valence-corrected chi connectivity index (χ2v) is 4.66. The highest BCUT2D eigenvalue weighted by molar-refractivity contribution is 5.51. The Hall–Kier alpha value is -2.57. The summed E-state index contributed by atoms with van der Waals surface area (Å²) in [7, 11) is 5.80. The van der Waals surface area contributed by atoms with Crippen LogP contribution in [-0.4, -0.2) is 28.6 Å². The van der Waals surface area contributed by atoms with E-state index in [1.54, 1.807) is 18.3 Å². The number of benzene rings is 1. The van der Waals surface area contributed by atoms with Gasteiger partial charge in [-0.1, -0.05) is 6.07 Å². The summed E-state index contributed by atoms with van der Waals surface area (Å²) in [6.07, 6.45) is 1.79. The maximum absolute atomic E-state index is 10.7. The van der Waals surface area contributed by atoms with Gasteiger partial charge in [0.05, 0.1) is 23.4 Å². The average molecular weight is 275 g/mol. The lowest BCUT2D eigenvalue weighted by atomic mass is 10.3. The Morgan fingerprint density at radius 2 is 2.20 bits per heavy atom. The van der Waals surface area contributed by atoms with E-state index in [0.29, 0.717) is 12.2 Å². The Morgan fingerprint density at radius 1 is 1.45 bits per heavy atom. The second-order valence-electron chi connectivity index (χ2n) is 4.66. The second kappa shape index (κ2) is 5.60. The summed E-state index contributed by atoms with van der Waals surface area (Å²) < 4.78 is 1.98. The third-order valence-electron chi connectivity index (χ3n) is 2.99. The Labute approximate surface area is 117 Å². The molecule has 0 bridgehead atoms. The number of rotatable bonds is 5. The highest BCUT2D eigenvalue weighted by Crippen LogP contribution is 2.18. The zero-order valence-corrected chi connectivity index (χ0v) is 11.7. The summed E-state index contributed by atoms with van der Waals surface area (Å²) in [5, 5.41) is 13.9. The smallest absolute Gasteiger partial charge is 0.271 e. The first kappa shape index (κ1) is 13.9. The number of hydrogen-bond acceptors (Lipinski definition) is 5. The third kappa shape index (κ3) is 2.87. The molecule has 0 saturated heterocycles. The van der Waals surface area contributed by atoms with Crippen molar-refractivity contribution in [2.75, 3.05) is 24.3 Å². The van der Waals surface area contributed by atoms with Crippen molar-refractivity contribution < 1.29 is 4.92 Å². The molecule has 7 nitrogen and oxygen atoms in total. The summed E-state index contributed by atoms with van der Waals surface area (Å²) in [5.41, 5.74) is 1.79. The third-order valence-corrected chi connectivity index (χ3v) is 2.99. The number of hydrogen-bond donors (Lipinski definition) is 1. The molecule has 1 heterocycles. The molecule has 0 amide bonds. The van der Waals surface area contributed by atoms with E-state index in [9.17, 15) is 10.1 Å². The monoisotopic (exact) mass is 275 g/mol. The van der Waals surface area contributed by atoms with Crippen molar-refractivity contribution in [2.45, 2.75) is 6.54 Å². The predicted molar refractivity (Wildman–Crippen MR) is 78.0 cm³/mol. The van der Waals surface area contributed by atoms with Gasteiger partial charge in [-0.15, -0.1) is 0 Å². The number of non-ortho nitro benzene ring substituents is 1. The maximum Gasteiger partial charge on any atom is 0.271 e. The van der Waals surface area contributed by atoms with Crippen molar-refractivity contribution in [3.05, 3.63) is 46.3 Å². The predicted octanol–water partition coefficient (Wildman–Crippen LogP) is 2.01. The lowest BCUT2D eigenvalue weighted by Gasteiger charge is -2.13. The van der Waals surface area contributed by atoms with E-state index >= 15 is 0 Å². The van der Waals surface area contributed by atoms with E-state index in [0.717, 1.165) is 11.6 Å². The van der Waals surface area contributed by atoms with Gasteiger partial charge in [-0.3, -0.25) is 10.1 Å². The minimum absolute atomic E-state index is 0.0778. The summed E-state index contributed by atoms with van der Waals surface area (Å²) in [6.45, 7) is 0.554. The van der Waals surface area contributed by atoms with Gasteiger partial charge in [0, 0.05) is 39.0 Å². The molecule has 0 aliphatic heterocycles. The van der Waals surface area contributed by atoms with Crippen molar-refractivity contribution in [3.63, 3.8) is 0 Å². The van der Waals surface area contributed by atoms with E-state index in [2.05, 4.69) is 10.3 Å². The van der Waals surface area contributed by atoms with Crippen LogP contribution in [-0.2, 0) is 13.6 Å². The number of imidazole rings is 1. The van der Waals surface area contributed by atoms with Crippen molar-refractivity contribution in [3.8, 4) is 0 Å². The average Bonchev–Trinajstić information content (AvgIpc) is 2.78. The van der Waals surface area contributed by atoms with Crippen molar-refractivity contribution >= 4 is 17.3 Å². The van der Waals surface area contributed by atoms with Crippen LogP contribution >= 0.6 is 0 Å². The van der Waals surface area contributed by atoms with Crippen LogP contribution < -0.4 is 10.2 Å². The topological polar surface area (TPSA) is 76.2 Å². The van der Waals surface area contributed by atoms with Gasteiger partial charge >= 0.3 is 0 Å². The molecular weight excluding hydrogens is 258 g/mol. The fraction of sp³-hybridized carbons (Fsp3) is 0.308. The molecule has 0 saturated carbocycles. The molecular formula is C13H17N5O2. The molecule has 1 N–H and O–H groups in total. The molecule has 0 atom stereocenters. The number of aromatic nitrogens is 2. The molecule has 1 aromatic carbocycles. The van der Waals surface area contributed by atoms with Crippen molar-refractivity contribution in [1.29, 1.82) is 0 Å². The van der Waals surface area contributed by atoms with E-state index in [4.69, 9.17) is 0 Å². The minimum Gasteiger partial charge on any atom is -0.379 e. The molecule has 2 rings (SSSR count). The highest BCUT2D eigenvalue weighted by atomic mass is 16.6. The standard InChI is InChI=1S/C13H17N5O2/c1-16(2)13-15-9-12(17(13)3)8-14-10-5-4-6-11(7-10)18(19)20/h4-7,9,14H,8H2,1-3H3. The molecule has 7 heteroatoms. The number of nitrogens with zero attached hydrogens (tertiary/aromatic N) is 4. The van der Waals surface area contributed by atoms with Crippen LogP contribution in [0.5, 0.6) is 0 Å². The van der Waals surface area contributed by atoms with Gasteiger partial charge in [-0.2, -0.15) is 0 Å². The van der Waals surface area contributed by atoms with E-state index in [1.165, 1.54) is 12.1 Å². The molecule has 0 aliphatic carbocycles. The molecule has 0 spiro atoms. The van der Waals surface area contributed by atoms with E-state index in [1.807, 2.05) is 30.6 Å². The van der Waals surface area contributed by atoms with Crippen LogP contribution in [0.15, 0.2) is 30.5 Å². The highest BCUT2D eigenvalue weighted by Gasteiger charge is 2.09. The van der Waals surface area contributed by atoms with Crippen molar-refractivity contribution in [2.24, 2.45) is 7.05 Å². The van der Waals surface area contributed by atoms with Crippen LogP contribution in [0.4, 0.5) is 17.3 Å². The van der Waals surface area contributed by atoms with Gasteiger partial charge in [0.25, 0.3) is 5.69 Å². The van der Waals surface area contributed by atoms with E-state index in [-0.39, 0.29) is 5.69 Å².